The van der Waals surface area contributed by atoms with Gasteiger partial charge in [-0.25, -0.2) is 0 Å². The first-order valence-corrected chi connectivity index (χ1v) is 8.17. The van der Waals surface area contributed by atoms with E-state index in [4.69, 9.17) is 0 Å². The fraction of sp³-hybridized carbons (Fsp3) is 0.667. The molecule has 2 rings (SSSR count). The van der Waals surface area contributed by atoms with Gasteiger partial charge in [-0.05, 0) is 49.3 Å². The predicted octanol–water partition coefficient (Wildman–Crippen LogP) is 3.11. The Morgan fingerprint density at radius 3 is 2.05 bits per heavy atom. The standard InChI is InChI=1S/C18H30N2/c1-4-18(5-2,14-19-3)15-20-12-10-16-8-6-7-9-17(16)11-13-20/h6-9,19H,4-5,10-15H2,1-3H3. The Kier molecular flexibility index (Phi) is 5.62. The summed E-state index contributed by atoms with van der Waals surface area (Å²) in [5.41, 5.74) is 3.55. The van der Waals surface area contributed by atoms with Crippen molar-refractivity contribution in [2.45, 2.75) is 39.5 Å². The van der Waals surface area contributed by atoms with E-state index in [1.807, 2.05) is 0 Å². The van der Waals surface area contributed by atoms with Crippen LogP contribution in [0.2, 0.25) is 0 Å². The lowest BCUT2D eigenvalue weighted by molar-refractivity contribution is 0.140. The summed E-state index contributed by atoms with van der Waals surface area (Å²) >= 11 is 0. The van der Waals surface area contributed by atoms with Gasteiger partial charge in [-0.1, -0.05) is 38.1 Å². The predicted molar refractivity (Wildman–Crippen MR) is 87.2 cm³/mol. The molecule has 0 unspecified atom stereocenters. The Labute approximate surface area is 124 Å². The smallest absolute Gasteiger partial charge is 0.00502 e. The highest BCUT2D eigenvalue weighted by atomic mass is 15.1. The molecule has 20 heavy (non-hydrogen) atoms. The van der Waals surface area contributed by atoms with Crippen molar-refractivity contribution in [2.75, 3.05) is 33.2 Å². The zero-order valence-corrected chi connectivity index (χ0v) is 13.4. The van der Waals surface area contributed by atoms with Crippen molar-refractivity contribution in [2.24, 2.45) is 5.41 Å². The molecule has 0 bridgehead atoms. The lowest BCUT2D eigenvalue weighted by Gasteiger charge is -2.37. The maximum absolute atomic E-state index is 3.41. The second-order valence-electron chi connectivity index (χ2n) is 6.28. The third kappa shape index (κ3) is 3.62. The SMILES string of the molecule is CCC(CC)(CNC)CN1CCc2ccccc2CC1. The fourth-order valence-corrected chi connectivity index (χ4v) is 3.50. The number of nitrogens with one attached hydrogen (secondary N) is 1. The van der Waals surface area contributed by atoms with Crippen molar-refractivity contribution >= 4 is 0 Å². The van der Waals surface area contributed by atoms with Crippen LogP contribution in [0.4, 0.5) is 0 Å². The van der Waals surface area contributed by atoms with E-state index >= 15 is 0 Å². The first-order valence-electron chi connectivity index (χ1n) is 8.17. The van der Waals surface area contributed by atoms with Crippen LogP contribution in [0.5, 0.6) is 0 Å². The van der Waals surface area contributed by atoms with Crippen LogP contribution in [-0.4, -0.2) is 38.1 Å². The highest BCUT2D eigenvalue weighted by Crippen LogP contribution is 2.28. The van der Waals surface area contributed by atoms with Crippen molar-refractivity contribution in [3.63, 3.8) is 0 Å². The zero-order chi connectivity index (χ0) is 14.4. The zero-order valence-electron chi connectivity index (χ0n) is 13.4. The molecule has 0 atom stereocenters. The maximum Gasteiger partial charge on any atom is 0.00502 e. The Morgan fingerprint density at radius 1 is 1.05 bits per heavy atom. The molecule has 1 aromatic rings. The van der Waals surface area contributed by atoms with Gasteiger partial charge in [-0.15, -0.1) is 0 Å². The van der Waals surface area contributed by atoms with E-state index in [0.29, 0.717) is 5.41 Å². The molecule has 0 amide bonds. The maximum atomic E-state index is 3.41. The van der Waals surface area contributed by atoms with E-state index in [2.05, 4.69) is 55.4 Å². The van der Waals surface area contributed by atoms with Crippen molar-refractivity contribution in [1.29, 1.82) is 0 Å². The molecular weight excluding hydrogens is 244 g/mol. The van der Waals surface area contributed by atoms with Crippen LogP contribution in [0, 0.1) is 5.41 Å². The third-order valence-electron chi connectivity index (χ3n) is 5.12. The number of fused-ring (bicyclic) bond motifs is 1. The molecule has 0 fully saturated rings. The van der Waals surface area contributed by atoms with E-state index in [-0.39, 0.29) is 0 Å². The van der Waals surface area contributed by atoms with Crippen LogP contribution in [0.3, 0.4) is 0 Å². The van der Waals surface area contributed by atoms with Gasteiger partial charge in [-0.2, -0.15) is 0 Å². The summed E-state index contributed by atoms with van der Waals surface area (Å²) in [6.45, 7) is 9.46. The summed E-state index contributed by atoms with van der Waals surface area (Å²) in [5, 5.41) is 3.41. The number of hydrogen-bond acceptors (Lipinski definition) is 2. The van der Waals surface area contributed by atoms with Crippen molar-refractivity contribution in [1.82, 2.24) is 10.2 Å². The molecule has 1 aromatic carbocycles. The van der Waals surface area contributed by atoms with E-state index in [9.17, 15) is 0 Å². The summed E-state index contributed by atoms with van der Waals surface area (Å²) in [7, 11) is 2.08. The minimum atomic E-state index is 0.436. The lowest BCUT2D eigenvalue weighted by atomic mass is 9.81. The van der Waals surface area contributed by atoms with E-state index < -0.39 is 0 Å². The summed E-state index contributed by atoms with van der Waals surface area (Å²) < 4.78 is 0. The first-order chi connectivity index (χ1) is 9.73. The van der Waals surface area contributed by atoms with Crippen LogP contribution in [0.25, 0.3) is 0 Å². The molecule has 0 spiro atoms. The van der Waals surface area contributed by atoms with E-state index in [1.54, 1.807) is 11.1 Å². The highest BCUT2D eigenvalue weighted by Gasteiger charge is 2.28. The number of nitrogens with zero attached hydrogens (tertiary/aromatic N) is 1. The summed E-state index contributed by atoms with van der Waals surface area (Å²) in [6.07, 6.45) is 4.93. The third-order valence-corrected chi connectivity index (χ3v) is 5.12. The molecule has 1 heterocycles. The topological polar surface area (TPSA) is 15.3 Å². The Bertz CT molecular complexity index is 383. The van der Waals surface area contributed by atoms with Crippen LogP contribution in [0.1, 0.15) is 37.8 Å². The van der Waals surface area contributed by atoms with Crippen molar-refractivity contribution in [3.05, 3.63) is 35.4 Å². The minimum Gasteiger partial charge on any atom is -0.319 e. The molecule has 2 nitrogen and oxygen atoms in total. The van der Waals surface area contributed by atoms with Gasteiger partial charge in [0, 0.05) is 26.2 Å². The molecule has 0 radical (unpaired) electrons. The monoisotopic (exact) mass is 274 g/mol. The molecule has 0 aliphatic carbocycles. The largest absolute Gasteiger partial charge is 0.319 e. The van der Waals surface area contributed by atoms with E-state index in [0.717, 1.165) is 6.54 Å². The number of benzene rings is 1. The highest BCUT2D eigenvalue weighted by molar-refractivity contribution is 5.28. The van der Waals surface area contributed by atoms with Gasteiger partial charge >= 0.3 is 0 Å². The second kappa shape index (κ2) is 7.24. The van der Waals surface area contributed by atoms with Gasteiger partial charge in [0.1, 0.15) is 0 Å². The molecule has 0 aromatic heterocycles. The number of hydrogen-bond donors (Lipinski definition) is 1. The van der Waals surface area contributed by atoms with Gasteiger partial charge in [0.15, 0.2) is 0 Å². The molecule has 0 saturated carbocycles. The molecule has 1 aliphatic rings. The van der Waals surface area contributed by atoms with Crippen LogP contribution in [0.15, 0.2) is 24.3 Å². The summed E-state index contributed by atoms with van der Waals surface area (Å²) in [4.78, 5) is 2.68. The molecule has 112 valence electrons. The van der Waals surface area contributed by atoms with Gasteiger partial charge in [0.05, 0.1) is 0 Å². The van der Waals surface area contributed by atoms with Crippen LogP contribution in [-0.2, 0) is 12.8 Å². The Morgan fingerprint density at radius 2 is 1.60 bits per heavy atom. The van der Waals surface area contributed by atoms with Crippen LogP contribution < -0.4 is 5.32 Å². The minimum absolute atomic E-state index is 0.436. The molecule has 1 N–H and O–H groups in total. The Hall–Kier alpha value is -0.860. The molecular formula is C18H30N2. The molecule has 0 saturated heterocycles. The van der Waals surface area contributed by atoms with Gasteiger partial charge < -0.3 is 10.2 Å². The Balaban J connectivity index is 2.01. The number of rotatable bonds is 6. The van der Waals surface area contributed by atoms with Crippen molar-refractivity contribution < 1.29 is 0 Å². The summed E-state index contributed by atoms with van der Waals surface area (Å²) in [6, 6.07) is 8.97. The quantitative estimate of drug-likeness (QED) is 0.857. The van der Waals surface area contributed by atoms with Gasteiger partial charge in [-0.3, -0.25) is 0 Å². The first kappa shape index (κ1) is 15.5. The lowest BCUT2D eigenvalue weighted by Crippen LogP contribution is -2.43. The average molecular weight is 274 g/mol. The normalized spacial score (nSPS) is 16.8. The summed E-state index contributed by atoms with van der Waals surface area (Å²) in [5.74, 6) is 0. The van der Waals surface area contributed by atoms with E-state index in [1.165, 1.54) is 45.3 Å². The molecule has 1 aliphatic heterocycles. The van der Waals surface area contributed by atoms with Gasteiger partial charge in [0.25, 0.3) is 0 Å². The second-order valence-corrected chi connectivity index (χ2v) is 6.28. The van der Waals surface area contributed by atoms with Crippen LogP contribution >= 0.6 is 0 Å². The van der Waals surface area contributed by atoms with Crippen molar-refractivity contribution in [3.8, 4) is 0 Å². The average Bonchev–Trinajstić information content (AvgIpc) is 2.69. The fourth-order valence-electron chi connectivity index (χ4n) is 3.50. The molecule has 2 heteroatoms. The van der Waals surface area contributed by atoms with Gasteiger partial charge in [0.2, 0.25) is 0 Å².